The number of hydrogen-bond acceptors (Lipinski definition) is 7. The number of anilines is 3. The second-order valence-corrected chi connectivity index (χ2v) is 9.30. The number of carbonyl (C=O) groups is 5. The lowest BCUT2D eigenvalue weighted by Gasteiger charge is -2.16. The number of rotatable bonds is 8. The quantitative estimate of drug-likeness (QED) is 0.228. The molecule has 2 N–H and O–H groups in total. The highest BCUT2D eigenvalue weighted by Gasteiger charge is 2.39. The Balaban J connectivity index is 1.43. The maximum atomic E-state index is 13.1. The summed E-state index contributed by atoms with van der Waals surface area (Å²) >= 11 is 6.21. The van der Waals surface area contributed by atoms with Crippen LogP contribution in [0.25, 0.3) is 0 Å². The third-order valence-corrected chi connectivity index (χ3v) is 6.05. The molecule has 0 saturated carbocycles. The van der Waals surface area contributed by atoms with E-state index in [1.165, 1.54) is 31.2 Å². The van der Waals surface area contributed by atoms with Crippen molar-refractivity contribution in [3.63, 3.8) is 0 Å². The second-order valence-electron chi connectivity index (χ2n) is 8.93. The fourth-order valence-corrected chi connectivity index (χ4v) is 3.93. The number of benzene rings is 3. The van der Waals surface area contributed by atoms with Crippen LogP contribution < -0.4 is 15.5 Å². The van der Waals surface area contributed by atoms with Crippen LogP contribution in [0.15, 0.2) is 83.5 Å². The molecule has 198 valence electrons. The fourth-order valence-electron chi connectivity index (χ4n) is 3.72. The van der Waals surface area contributed by atoms with Crippen LogP contribution in [0.5, 0.6) is 0 Å². The van der Waals surface area contributed by atoms with Crippen molar-refractivity contribution >= 4 is 58.1 Å². The van der Waals surface area contributed by atoms with Crippen molar-refractivity contribution in [1.82, 2.24) is 0 Å². The van der Waals surface area contributed by atoms with Crippen LogP contribution in [0.4, 0.5) is 17.1 Å². The van der Waals surface area contributed by atoms with E-state index in [-0.39, 0.29) is 39.8 Å². The largest absolute Gasteiger partial charge is 0.459 e. The summed E-state index contributed by atoms with van der Waals surface area (Å²) in [6, 6.07) is 18.6. The highest BCUT2D eigenvalue weighted by Crippen LogP contribution is 2.30. The van der Waals surface area contributed by atoms with Crippen molar-refractivity contribution in [1.29, 1.82) is 0 Å². The molecule has 0 aliphatic carbocycles. The highest BCUT2D eigenvalue weighted by molar-refractivity contribution is 6.53. The van der Waals surface area contributed by atoms with Gasteiger partial charge in [-0.3, -0.25) is 19.2 Å². The average molecular weight is 546 g/mol. The van der Waals surface area contributed by atoms with Gasteiger partial charge in [0.1, 0.15) is 10.7 Å². The Morgan fingerprint density at radius 3 is 1.87 bits per heavy atom. The van der Waals surface area contributed by atoms with Gasteiger partial charge in [-0.2, -0.15) is 0 Å². The Morgan fingerprint density at radius 1 is 0.769 bits per heavy atom. The molecule has 1 aliphatic heterocycles. The van der Waals surface area contributed by atoms with E-state index in [1.807, 2.05) is 0 Å². The minimum atomic E-state index is -0.714. The molecular formula is C29H24ClN3O6. The van der Waals surface area contributed by atoms with Gasteiger partial charge in [0.15, 0.2) is 5.78 Å². The molecule has 0 fully saturated rings. The van der Waals surface area contributed by atoms with Crippen molar-refractivity contribution in [3.05, 3.63) is 100 Å². The third-order valence-electron chi connectivity index (χ3n) is 5.70. The monoisotopic (exact) mass is 545 g/mol. The molecule has 3 aromatic rings. The Labute approximate surface area is 229 Å². The maximum Gasteiger partial charge on any atom is 0.338 e. The summed E-state index contributed by atoms with van der Waals surface area (Å²) in [5, 5.41) is 5.31. The summed E-state index contributed by atoms with van der Waals surface area (Å²) < 4.78 is 5.15. The predicted molar refractivity (Wildman–Crippen MR) is 147 cm³/mol. The standard InChI is InChI=1S/C29H24ClN3O6/c1-16(2)39-29(38)20-8-14-23(15-9-20)33-27(36)24(30)25(28(33)37)31-21-12-6-19(7-13-21)26(35)32-22-10-4-18(5-11-22)17(3)34/h4-16,31H,1-3H3,(H,32,35). The zero-order valence-electron chi connectivity index (χ0n) is 21.3. The van der Waals surface area contributed by atoms with Crippen LogP contribution in [0.3, 0.4) is 0 Å². The fraction of sp³-hybridized carbons (Fsp3) is 0.138. The highest BCUT2D eigenvalue weighted by atomic mass is 35.5. The van der Waals surface area contributed by atoms with Gasteiger partial charge in [0, 0.05) is 22.5 Å². The summed E-state index contributed by atoms with van der Waals surface area (Å²) in [5.74, 6) is -2.34. The zero-order chi connectivity index (χ0) is 28.3. The smallest absolute Gasteiger partial charge is 0.338 e. The van der Waals surface area contributed by atoms with Gasteiger partial charge in [-0.05, 0) is 93.6 Å². The van der Waals surface area contributed by atoms with Gasteiger partial charge in [-0.1, -0.05) is 11.6 Å². The molecular weight excluding hydrogens is 522 g/mol. The Kier molecular flexibility index (Phi) is 7.92. The zero-order valence-corrected chi connectivity index (χ0v) is 22.0. The summed E-state index contributed by atoms with van der Waals surface area (Å²) in [5.41, 5.74) is 2.25. The van der Waals surface area contributed by atoms with Gasteiger partial charge in [-0.25, -0.2) is 9.69 Å². The second kappa shape index (κ2) is 11.3. The van der Waals surface area contributed by atoms with E-state index in [0.29, 0.717) is 22.5 Å². The van der Waals surface area contributed by atoms with E-state index >= 15 is 0 Å². The molecule has 0 aromatic heterocycles. The number of carbonyl (C=O) groups excluding carboxylic acids is 5. The van der Waals surface area contributed by atoms with E-state index in [0.717, 1.165) is 4.90 Å². The predicted octanol–water partition coefficient (Wildman–Crippen LogP) is 5.14. The summed E-state index contributed by atoms with van der Waals surface area (Å²) in [4.78, 5) is 62.8. The molecule has 1 aliphatic rings. The number of Topliss-reactive ketones (excluding diaryl/α,β-unsaturated/α-hetero) is 1. The molecule has 4 rings (SSSR count). The van der Waals surface area contributed by atoms with Crippen molar-refractivity contribution in [2.75, 3.05) is 15.5 Å². The number of ketones is 1. The SMILES string of the molecule is CC(=O)c1ccc(NC(=O)c2ccc(NC3=C(Cl)C(=O)N(c4ccc(C(=O)OC(C)C)cc4)C3=O)cc2)cc1. The van der Waals surface area contributed by atoms with Crippen molar-refractivity contribution in [2.45, 2.75) is 26.9 Å². The normalized spacial score (nSPS) is 13.1. The first-order valence-electron chi connectivity index (χ1n) is 11.9. The van der Waals surface area contributed by atoms with Gasteiger partial charge < -0.3 is 15.4 Å². The molecule has 0 saturated heterocycles. The van der Waals surface area contributed by atoms with Crippen molar-refractivity contribution in [2.24, 2.45) is 0 Å². The maximum absolute atomic E-state index is 13.1. The van der Waals surface area contributed by atoms with Crippen LogP contribution in [0.1, 0.15) is 51.8 Å². The lowest BCUT2D eigenvalue weighted by molar-refractivity contribution is -0.120. The minimum absolute atomic E-state index is 0.0710. The number of esters is 1. The van der Waals surface area contributed by atoms with Crippen LogP contribution in [-0.4, -0.2) is 35.6 Å². The Hall–Kier alpha value is -4.76. The Morgan fingerprint density at radius 2 is 1.31 bits per heavy atom. The number of amides is 3. The average Bonchev–Trinajstić information content (AvgIpc) is 3.12. The third kappa shape index (κ3) is 6.05. The first-order valence-corrected chi connectivity index (χ1v) is 12.3. The lowest BCUT2D eigenvalue weighted by Crippen LogP contribution is -2.32. The summed E-state index contributed by atoms with van der Waals surface area (Å²) in [6.45, 7) is 4.93. The van der Waals surface area contributed by atoms with Crippen LogP contribution in [0, 0.1) is 0 Å². The number of ether oxygens (including phenoxy) is 1. The molecule has 39 heavy (non-hydrogen) atoms. The van der Waals surface area contributed by atoms with E-state index in [9.17, 15) is 24.0 Å². The lowest BCUT2D eigenvalue weighted by atomic mass is 10.1. The first-order chi connectivity index (χ1) is 18.5. The first kappa shape index (κ1) is 27.3. The molecule has 0 bridgehead atoms. The van der Waals surface area contributed by atoms with Crippen LogP contribution in [-0.2, 0) is 14.3 Å². The minimum Gasteiger partial charge on any atom is -0.459 e. The molecule has 0 unspecified atom stereocenters. The number of hydrogen-bond donors (Lipinski definition) is 2. The number of imide groups is 1. The molecule has 1 heterocycles. The number of nitrogens with one attached hydrogen (secondary N) is 2. The van der Waals surface area contributed by atoms with Gasteiger partial charge >= 0.3 is 5.97 Å². The van der Waals surface area contributed by atoms with Crippen LogP contribution in [0.2, 0.25) is 0 Å². The topological polar surface area (TPSA) is 122 Å². The molecule has 0 radical (unpaired) electrons. The van der Waals surface area contributed by atoms with Gasteiger partial charge in [0.05, 0.1) is 17.4 Å². The van der Waals surface area contributed by atoms with Crippen molar-refractivity contribution in [3.8, 4) is 0 Å². The molecule has 9 nitrogen and oxygen atoms in total. The van der Waals surface area contributed by atoms with E-state index < -0.39 is 17.8 Å². The number of halogens is 1. The number of nitrogens with zero attached hydrogens (tertiary/aromatic N) is 1. The van der Waals surface area contributed by atoms with E-state index in [1.54, 1.807) is 62.4 Å². The van der Waals surface area contributed by atoms with Crippen molar-refractivity contribution < 1.29 is 28.7 Å². The Bertz CT molecular complexity index is 1490. The van der Waals surface area contributed by atoms with Crippen LogP contribution >= 0.6 is 11.6 Å². The van der Waals surface area contributed by atoms with E-state index in [2.05, 4.69) is 10.6 Å². The molecule has 3 amide bonds. The van der Waals surface area contributed by atoms with Gasteiger partial charge in [0.25, 0.3) is 17.7 Å². The van der Waals surface area contributed by atoms with Gasteiger partial charge in [-0.15, -0.1) is 0 Å². The van der Waals surface area contributed by atoms with E-state index in [4.69, 9.17) is 16.3 Å². The summed E-state index contributed by atoms with van der Waals surface area (Å²) in [6.07, 6.45) is -0.287. The van der Waals surface area contributed by atoms with Gasteiger partial charge in [0.2, 0.25) is 0 Å². The summed E-state index contributed by atoms with van der Waals surface area (Å²) in [7, 11) is 0. The molecule has 3 aromatic carbocycles. The molecule has 10 heteroatoms. The molecule has 0 spiro atoms. The molecule has 0 atom stereocenters.